The van der Waals surface area contributed by atoms with Gasteiger partial charge in [0.2, 0.25) is 5.91 Å². The summed E-state index contributed by atoms with van der Waals surface area (Å²) in [5.74, 6) is -0.426. The number of carbonyl (C=O) groups is 3. The van der Waals surface area contributed by atoms with Gasteiger partial charge in [0.25, 0.3) is 11.8 Å². The van der Waals surface area contributed by atoms with Gasteiger partial charge in [-0.3, -0.25) is 14.4 Å². The zero-order valence-electron chi connectivity index (χ0n) is 27.9. The molecule has 7 nitrogen and oxygen atoms in total. The Labute approximate surface area is 311 Å². The maximum absolute atomic E-state index is 13.7. The second-order valence-corrected chi connectivity index (χ2v) is 13.2. The van der Waals surface area contributed by atoms with E-state index in [1.54, 1.807) is 66.7 Å². The number of hydrogen-bond acceptors (Lipinski definition) is 5. The van der Waals surface area contributed by atoms with Crippen molar-refractivity contribution in [1.82, 2.24) is 5.32 Å². The van der Waals surface area contributed by atoms with Crippen molar-refractivity contribution in [3.63, 3.8) is 0 Å². The lowest BCUT2D eigenvalue weighted by Gasteiger charge is -2.17. The van der Waals surface area contributed by atoms with Crippen molar-refractivity contribution in [2.45, 2.75) is 16.8 Å². The van der Waals surface area contributed by atoms with E-state index in [1.165, 1.54) is 11.8 Å². The first kappa shape index (κ1) is 35.7. The molecule has 6 aromatic rings. The molecule has 9 heteroatoms. The smallest absolute Gasteiger partial charge is 0.272 e. The molecule has 0 saturated heterocycles. The van der Waals surface area contributed by atoms with Gasteiger partial charge in [0, 0.05) is 26.9 Å². The molecular weight excluding hydrogens is 690 g/mol. The highest BCUT2D eigenvalue weighted by atomic mass is 35.5. The van der Waals surface area contributed by atoms with Crippen LogP contribution in [-0.2, 0) is 16.2 Å². The standard InChI is InChI=1S/C43H34ClN3O4S/c44-34-18-20-35(21-19-34)46-43(50)40(32-12-6-2-7-13-32)52-38-26-22-36(23-27-38)45-42(49)39(47-41(48)33-14-8-3-9-15-33)28-30-16-24-37(25-17-30)51-29-31-10-4-1-5-11-31/h1-28,40H,29H2,(H,45,49)(H,46,50)(H,47,48)/b39-28-. The van der Waals surface area contributed by atoms with Crippen LogP contribution in [0, 0.1) is 0 Å². The summed E-state index contributed by atoms with van der Waals surface area (Å²) < 4.78 is 5.91. The van der Waals surface area contributed by atoms with Gasteiger partial charge in [-0.1, -0.05) is 103 Å². The van der Waals surface area contributed by atoms with Gasteiger partial charge in [0.1, 0.15) is 23.3 Å². The minimum atomic E-state index is -0.546. The van der Waals surface area contributed by atoms with Crippen LogP contribution in [0.4, 0.5) is 11.4 Å². The topological polar surface area (TPSA) is 96.5 Å². The molecule has 258 valence electrons. The summed E-state index contributed by atoms with van der Waals surface area (Å²) in [6, 6.07) is 49.5. The number of thioether (sulfide) groups is 1. The summed E-state index contributed by atoms with van der Waals surface area (Å²) in [6.07, 6.45) is 1.62. The number of rotatable bonds is 13. The maximum Gasteiger partial charge on any atom is 0.272 e. The lowest BCUT2D eigenvalue weighted by molar-refractivity contribution is -0.116. The quantitative estimate of drug-likeness (QED) is 0.0815. The van der Waals surface area contributed by atoms with E-state index in [9.17, 15) is 14.4 Å². The normalized spacial score (nSPS) is 11.6. The van der Waals surface area contributed by atoms with E-state index in [2.05, 4.69) is 16.0 Å². The summed E-state index contributed by atoms with van der Waals surface area (Å²) in [4.78, 5) is 41.1. The summed E-state index contributed by atoms with van der Waals surface area (Å²) >= 11 is 7.41. The van der Waals surface area contributed by atoms with E-state index in [-0.39, 0.29) is 11.6 Å². The van der Waals surface area contributed by atoms with Crippen molar-refractivity contribution in [3.8, 4) is 5.75 Å². The Morgan fingerprint density at radius 2 is 1.23 bits per heavy atom. The highest BCUT2D eigenvalue weighted by molar-refractivity contribution is 8.00. The fraction of sp³-hybridized carbons (Fsp3) is 0.0465. The monoisotopic (exact) mass is 723 g/mol. The van der Waals surface area contributed by atoms with Crippen LogP contribution in [-0.4, -0.2) is 17.7 Å². The first-order valence-electron chi connectivity index (χ1n) is 16.4. The third-order valence-electron chi connectivity index (χ3n) is 7.79. The van der Waals surface area contributed by atoms with Crippen LogP contribution < -0.4 is 20.7 Å². The molecule has 0 spiro atoms. The van der Waals surface area contributed by atoms with Gasteiger partial charge in [-0.15, -0.1) is 11.8 Å². The average Bonchev–Trinajstić information content (AvgIpc) is 3.19. The zero-order chi connectivity index (χ0) is 36.1. The SMILES string of the molecule is O=C(Nc1ccc(SC(C(=O)Nc2ccc(Cl)cc2)c2ccccc2)cc1)/C(=C/c1ccc(OCc2ccccc2)cc1)NC(=O)c1ccccc1. The van der Waals surface area contributed by atoms with Gasteiger partial charge in [-0.25, -0.2) is 0 Å². The number of halogens is 1. The fourth-order valence-electron chi connectivity index (χ4n) is 5.10. The van der Waals surface area contributed by atoms with E-state index >= 15 is 0 Å². The second kappa shape index (κ2) is 17.7. The molecule has 0 aliphatic rings. The largest absolute Gasteiger partial charge is 0.489 e. The molecular formula is C43H34ClN3O4S. The van der Waals surface area contributed by atoms with Gasteiger partial charge in [0.15, 0.2) is 0 Å². The summed E-state index contributed by atoms with van der Waals surface area (Å²) in [5.41, 5.74) is 4.23. The first-order valence-corrected chi connectivity index (χ1v) is 17.7. The van der Waals surface area contributed by atoms with Crippen molar-refractivity contribution in [2.75, 3.05) is 10.6 Å². The molecule has 3 N–H and O–H groups in total. The van der Waals surface area contributed by atoms with E-state index in [0.29, 0.717) is 39.9 Å². The van der Waals surface area contributed by atoms with Crippen LogP contribution in [0.5, 0.6) is 5.75 Å². The van der Waals surface area contributed by atoms with Crippen molar-refractivity contribution in [2.24, 2.45) is 0 Å². The molecule has 6 aromatic carbocycles. The number of anilines is 2. The third kappa shape index (κ3) is 10.2. The van der Waals surface area contributed by atoms with Crippen molar-refractivity contribution < 1.29 is 19.1 Å². The summed E-state index contributed by atoms with van der Waals surface area (Å²) in [6.45, 7) is 0.428. The van der Waals surface area contributed by atoms with Gasteiger partial charge in [-0.05, 0) is 95.6 Å². The van der Waals surface area contributed by atoms with Crippen LogP contribution in [0.15, 0.2) is 174 Å². The van der Waals surface area contributed by atoms with Crippen LogP contribution in [0.1, 0.15) is 32.3 Å². The molecule has 0 aliphatic carbocycles. The number of nitrogens with one attached hydrogen (secondary N) is 3. The molecule has 0 bridgehead atoms. The van der Waals surface area contributed by atoms with Crippen molar-refractivity contribution >= 4 is 58.5 Å². The van der Waals surface area contributed by atoms with Crippen LogP contribution >= 0.6 is 23.4 Å². The molecule has 0 aliphatic heterocycles. The number of benzene rings is 6. The maximum atomic E-state index is 13.7. The lowest BCUT2D eigenvalue weighted by Crippen LogP contribution is -2.30. The molecule has 52 heavy (non-hydrogen) atoms. The van der Waals surface area contributed by atoms with Gasteiger partial charge in [0.05, 0.1) is 0 Å². The average molecular weight is 724 g/mol. The first-order chi connectivity index (χ1) is 25.4. The third-order valence-corrected chi connectivity index (χ3v) is 9.30. The molecule has 1 unspecified atom stereocenters. The van der Waals surface area contributed by atoms with Crippen LogP contribution in [0.3, 0.4) is 0 Å². The highest BCUT2D eigenvalue weighted by Gasteiger charge is 2.23. The zero-order valence-corrected chi connectivity index (χ0v) is 29.4. The Balaban J connectivity index is 1.16. The molecule has 0 fully saturated rings. The second-order valence-electron chi connectivity index (χ2n) is 11.6. The van der Waals surface area contributed by atoms with Crippen molar-refractivity contribution in [1.29, 1.82) is 0 Å². The predicted octanol–water partition coefficient (Wildman–Crippen LogP) is 9.80. The Morgan fingerprint density at radius 3 is 1.88 bits per heavy atom. The molecule has 0 radical (unpaired) electrons. The summed E-state index contributed by atoms with van der Waals surface area (Å²) in [7, 11) is 0. The van der Waals surface area contributed by atoms with Crippen LogP contribution in [0.2, 0.25) is 5.02 Å². The minimum absolute atomic E-state index is 0.0632. The van der Waals surface area contributed by atoms with E-state index in [1.807, 2.05) is 103 Å². The molecule has 3 amide bonds. The molecule has 0 heterocycles. The highest BCUT2D eigenvalue weighted by Crippen LogP contribution is 2.37. The molecule has 0 saturated carbocycles. The molecule has 1 atom stereocenters. The lowest BCUT2D eigenvalue weighted by atomic mass is 10.1. The molecule has 6 rings (SSSR count). The Kier molecular flexibility index (Phi) is 12.2. The number of hydrogen-bond donors (Lipinski definition) is 3. The van der Waals surface area contributed by atoms with Gasteiger partial charge >= 0.3 is 0 Å². The number of carbonyl (C=O) groups excluding carboxylic acids is 3. The fourth-order valence-corrected chi connectivity index (χ4v) is 6.25. The van der Waals surface area contributed by atoms with E-state index in [0.717, 1.165) is 16.0 Å². The van der Waals surface area contributed by atoms with E-state index < -0.39 is 17.1 Å². The van der Waals surface area contributed by atoms with Crippen molar-refractivity contribution in [3.05, 3.63) is 197 Å². The molecule has 0 aromatic heterocycles. The van der Waals surface area contributed by atoms with Gasteiger partial charge < -0.3 is 20.7 Å². The minimum Gasteiger partial charge on any atom is -0.489 e. The van der Waals surface area contributed by atoms with Crippen LogP contribution in [0.25, 0.3) is 6.08 Å². The Morgan fingerprint density at radius 1 is 0.654 bits per heavy atom. The van der Waals surface area contributed by atoms with Gasteiger partial charge in [-0.2, -0.15) is 0 Å². The van der Waals surface area contributed by atoms with E-state index in [4.69, 9.17) is 16.3 Å². The number of ether oxygens (including phenoxy) is 1. The Hall–Kier alpha value is -6.09. The summed E-state index contributed by atoms with van der Waals surface area (Å²) in [5, 5.41) is 8.69. The predicted molar refractivity (Wildman–Crippen MR) is 209 cm³/mol. The Bertz CT molecular complexity index is 2130. The number of amides is 3.